The smallest absolute Gasteiger partial charge is 0.358 e. The standard InChI is InChI=1S/C9H11N3O3/c1-15-8-4-2-7(3-5-8)6-10-11-9(13)12-14/h2-6,14H,1H3,(H2,11,12,13)/b10-6+. The highest BCUT2D eigenvalue weighted by Gasteiger charge is 1.92. The van der Waals surface area contributed by atoms with Gasteiger partial charge in [0.05, 0.1) is 13.3 Å². The monoisotopic (exact) mass is 209 g/mol. The van der Waals surface area contributed by atoms with E-state index in [1.165, 1.54) is 11.7 Å². The van der Waals surface area contributed by atoms with Gasteiger partial charge in [0.1, 0.15) is 5.75 Å². The number of methoxy groups -OCH3 is 1. The van der Waals surface area contributed by atoms with E-state index in [2.05, 4.69) is 5.10 Å². The third-order valence-corrected chi connectivity index (χ3v) is 1.60. The molecular formula is C9H11N3O3. The molecule has 15 heavy (non-hydrogen) atoms. The van der Waals surface area contributed by atoms with Crippen molar-refractivity contribution in [3.8, 4) is 5.75 Å². The van der Waals surface area contributed by atoms with E-state index in [0.717, 1.165) is 11.3 Å². The summed E-state index contributed by atoms with van der Waals surface area (Å²) < 4.78 is 4.97. The van der Waals surface area contributed by atoms with E-state index in [4.69, 9.17) is 9.94 Å². The third kappa shape index (κ3) is 3.65. The number of benzene rings is 1. The lowest BCUT2D eigenvalue weighted by Crippen LogP contribution is -2.29. The molecular weight excluding hydrogens is 198 g/mol. The summed E-state index contributed by atoms with van der Waals surface area (Å²) in [6.45, 7) is 0. The highest BCUT2D eigenvalue weighted by molar-refractivity contribution is 5.81. The van der Waals surface area contributed by atoms with Gasteiger partial charge >= 0.3 is 6.03 Å². The molecule has 6 heteroatoms. The molecule has 0 aliphatic rings. The van der Waals surface area contributed by atoms with Gasteiger partial charge in [-0.05, 0) is 29.8 Å². The first-order valence-corrected chi connectivity index (χ1v) is 4.13. The van der Waals surface area contributed by atoms with Crippen LogP contribution in [0.1, 0.15) is 5.56 Å². The topological polar surface area (TPSA) is 83.0 Å². The number of amides is 2. The SMILES string of the molecule is COc1ccc(/C=N/NC(=O)NO)cc1. The fourth-order valence-corrected chi connectivity index (χ4v) is 0.880. The number of hydrogen-bond donors (Lipinski definition) is 3. The van der Waals surface area contributed by atoms with Gasteiger partial charge in [0.15, 0.2) is 0 Å². The molecule has 0 aliphatic heterocycles. The summed E-state index contributed by atoms with van der Waals surface area (Å²) in [6, 6.07) is 6.31. The molecule has 0 radical (unpaired) electrons. The van der Waals surface area contributed by atoms with Crippen LogP contribution < -0.4 is 15.6 Å². The minimum Gasteiger partial charge on any atom is -0.497 e. The minimum absolute atomic E-state index is 0.744. The lowest BCUT2D eigenvalue weighted by Gasteiger charge is -1.99. The largest absolute Gasteiger partial charge is 0.497 e. The molecule has 0 saturated carbocycles. The van der Waals surface area contributed by atoms with Crippen LogP contribution in [0.15, 0.2) is 29.4 Å². The minimum atomic E-state index is -0.792. The first-order valence-electron chi connectivity index (χ1n) is 4.13. The molecule has 0 heterocycles. The van der Waals surface area contributed by atoms with Gasteiger partial charge in [-0.1, -0.05) is 0 Å². The number of hydrogen-bond acceptors (Lipinski definition) is 4. The van der Waals surface area contributed by atoms with Crippen molar-refractivity contribution in [1.82, 2.24) is 10.9 Å². The van der Waals surface area contributed by atoms with E-state index in [0.29, 0.717) is 0 Å². The van der Waals surface area contributed by atoms with Crippen LogP contribution >= 0.6 is 0 Å². The molecule has 0 saturated heterocycles. The molecule has 0 atom stereocenters. The van der Waals surface area contributed by atoms with Gasteiger partial charge in [0.2, 0.25) is 0 Å². The number of nitrogens with one attached hydrogen (secondary N) is 2. The summed E-state index contributed by atoms with van der Waals surface area (Å²) >= 11 is 0. The third-order valence-electron chi connectivity index (χ3n) is 1.60. The lowest BCUT2D eigenvalue weighted by atomic mass is 10.2. The molecule has 2 amide bonds. The molecule has 0 bridgehead atoms. The predicted octanol–water partition coefficient (Wildman–Crippen LogP) is 0.718. The van der Waals surface area contributed by atoms with E-state index in [1.54, 1.807) is 31.4 Å². The zero-order valence-corrected chi connectivity index (χ0v) is 8.10. The summed E-state index contributed by atoms with van der Waals surface area (Å²) in [5, 5.41) is 11.7. The van der Waals surface area contributed by atoms with E-state index in [1.807, 2.05) is 5.43 Å². The highest BCUT2D eigenvalue weighted by atomic mass is 16.5. The van der Waals surface area contributed by atoms with E-state index in [9.17, 15) is 4.79 Å². The molecule has 1 rings (SSSR count). The van der Waals surface area contributed by atoms with Crippen LogP contribution in [0, 0.1) is 0 Å². The summed E-state index contributed by atoms with van der Waals surface area (Å²) in [6.07, 6.45) is 1.44. The normalized spacial score (nSPS) is 10.0. The van der Waals surface area contributed by atoms with Crippen molar-refractivity contribution in [3.05, 3.63) is 29.8 Å². The van der Waals surface area contributed by atoms with E-state index >= 15 is 0 Å². The maximum Gasteiger partial charge on any atom is 0.358 e. The molecule has 0 aromatic heterocycles. The summed E-state index contributed by atoms with van der Waals surface area (Å²) in [5.41, 5.74) is 4.23. The molecule has 80 valence electrons. The van der Waals surface area contributed by atoms with Crippen molar-refractivity contribution >= 4 is 12.2 Å². The second kappa shape index (κ2) is 5.61. The van der Waals surface area contributed by atoms with Gasteiger partial charge in [-0.2, -0.15) is 5.10 Å². The second-order valence-electron chi connectivity index (χ2n) is 2.58. The fraction of sp³-hybridized carbons (Fsp3) is 0.111. The zero-order valence-electron chi connectivity index (χ0n) is 8.10. The number of urea groups is 1. The van der Waals surface area contributed by atoms with Gasteiger partial charge in [0.25, 0.3) is 0 Å². The molecule has 1 aromatic rings. The van der Waals surface area contributed by atoms with Crippen molar-refractivity contribution in [1.29, 1.82) is 0 Å². The van der Waals surface area contributed by atoms with Crippen LogP contribution in [-0.4, -0.2) is 24.6 Å². The number of carbonyl (C=O) groups is 1. The quantitative estimate of drug-likeness (QED) is 0.389. The Labute approximate surface area is 86.5 Å². The molecule has 0 fully saturated rings. The van der Waals surface area contributed by atoms with Crippen molar-refractivity contribution in [3.63, 3.8) is 0 Å². The van der Waals surface area contributed by atoms with Crippen molar-refractivity contribution in [2.75, 3.05) is 7.11 Å². The van der Waals surface area contributed by atoms with Gasteiger partial charge in [-0.3, -0.25) is 5.21 Å². The molecule has 0 aliphatic carbocycles. The molecule has 0 unspecified atom stereocenters. The van der Waals surface area contributed by atoms with Crippen LogP contribution in [-0.2, 0) is 0 Å². The van der Waals surface area contributed by atoms with Crippen LogP contribution in [0.2, 0.25) is 0 Å². The second-order valence-corrected chi connectivity index (χ2v) is 2.58. The number of ether oxygens (including phenoxy) is 1. The Balaban J connectivity index is 2.53. The summed E-state index contributed by atoms with van der Waals surface area (Å²) in [5.74, 6) is 0.744. The van der Waals surface area contributed by atoms with Crippen LogP contribution in [0.5, 0.6) is 5.75 Å². The Morgan fingerprint density at radius 3 is 2.67 bits per heavy atom. The average molecular weight is 209 g/mol. The molecule has 3 N–H and O–H groups in total. The number of carbonyl (C=O) groups excluding carboxylic acids is 1. The van der Waals surface area contributed by atoms with Crippen LogP contribution in [0.25, 0.3) is 0 Å². The molecule has 1 aromatic carbocycles. The average Bonchev–Trinajstić information content (AvgIpc) is 2.29. The number of hydroxylamine groups is 1. The Morgan fingerprint density at radius 2 is 2.13 bits per heavy atom. The van der Waals surface area contributed by atoms with E-state index < -0.39 is 6.03 Å². The summed E-state index contributed by atoms with van der Waals surface area (Å²) in [4.78, 5) is 10.5. The lowest BCUT2D eigenvalue weighted by molar-refractivity contribution is 0.162. The number of hydrazone groups is 1. The number of nitrogens with zero attached hydrogens (tertiary/aromatic N) is 1. The Morgan fingerprint density at radius 1 is 1.47 bits per heavy atom. The Hall–Kier alpha value is -2.08. The first-order chi connectivity index (χ1) is 7.26. The highest BCUT2D eigenvalue weighted by Crippen LogP contribution is 2.09. The van der Waals surface area contributed by atoms with Crippen molar-refractivity contribution in [2.24, 2.45) is 5.10 Å². The van der Waals surface area contributed by atoms with E-state index in [-0.39, 0.29) is 0 Å². The van der Waals surface area contributed by atoms with Crippen LogP contribution in [0.4, 0.5) is 4.79 Å². The Kier molecular flexibility index (Phi) is 4.11. The molecule has 6 nitrogen and oxygen atoms in total. The van der Waals surface area contributed by atoms with Gasteiger partial charge in [-0.15, -0.1) is 0 Å². The van der Waals surface area contributed by atoms with Crippen LogP contribution in [0.3, 0.4) is 0 Å². The predicted molar refractivity (Wildman–Crippen MR) is 54.0 cm³/mol. The van der Waals surface area contributed by atoms with Crippen molar-refractivity contribution < 1.29 is 14.7 Å². The van der Waals surface area contributed by atoms with Gasteiger partial charge in [0, 0.05) is 0 Å². The van der Waals surface area contributed by atoms with Gasteiger partial charge in [-0.25, -0.2) is 15.7 Å². The van der Waals surface area contributed by atoms with Crippen molar-refractivity contribution in [2.45, 2.75) is 0 Å². The van der Waals surface area contributed by atoms with Gasteiger partial charge < -0.3 is 4.74 Å². The maximum absolute atomic E-state index is 10.5. The number of rotatable bonds is 3. The Bertz CT molecular complexity index is 348. The summed E-state index contributed by atoms with van der Waals surface area (Å²) in [7, 11) is 1.58. The molecule has 0 spiro atoms. The fourth-order valence-electron chi connectivity index (χ4n) is 0.880. The zero-order chi connectivity index (χ0) is 11.1. The first kappa shape index (κ1) is 11.0. The maximum atomic E-state index is 10.5.